The van der Waals surface area contributed by atoms with Gasteiger partial charge in [-0.1, -0.05) is 36.4 Å². The van der Waals surface area contributed by atoms with E-state index in [1.807, 2.05) is 11.4 Å². The van der Waals surface area contributed by atoms with E-state index in [0.717, 1.165) is 16.0 Å². The molecule has 0 unspecified atom stereocenters. The third-order valence-corrected chi connectivity index (χ3v) is 5.26. The van der Waals surface area contributed by atoms with Gasteiger partial charge in [0.1, 0.15) is 17.0 Å². The van der Waals surface area contributed by atoms with Gasteiger partial charge in [0.05, 0.1) is 11.4 Å². The monoisotopic (exact) mass is 323 g/mol. The Labute approximate surface area is 136 Å². The Hall–Kier alpha value is -2.24. The van der Waals surface area contributed by atoms with Crippen LogP contribution in [0.15, 0.2) is 65.6 Å². The molecule has 1 aromatic carbocycles. The zero-order chi connectivity index (χ0) is 14.8. The van der Waals surface area contributed by atoms with E-state index in [-0.39, 0.29) is 6.04 Å². The smallest absolute Gasteiger partial charge is 0.138 e. The van der Waals surface area contributed by atoms with E-state index >= 15 is 0 Å². The minimum atomic E-state index is 0.0965. The van der Waals surface area contributed by atoms with E-state index in [0.29, 0.717) is 0 Å². The van der Waals surface area contributed by atoms with Crippen molar-refractivity contribution in [1.29, 1.82) is 0 Å². The lowest BCUT2D eigenvalue weighted by Crippen LogP contribution is -2.12. The van der Waals surface area contributed by atoms with Gasteiger partial charge >= 0.3 is 0 Å². The van der Waals surface area contributed by atoms with Crippen LogP contribution in [0.1, 0.15) is 16.5 Å². The molecule has 4 rings (SSSR count). The molecule has 108 valence electrons. The Morgan fingerprint density at radius 2 is 1.77 bits per heavy atom. The van der Waals surface area contributed by atoms with Crippen molar-refractivity contribution in [1.82, 2.24) is 9.97 Å². The number of rotatable bonds is 4. The van der Waals surface area contributed by atoms with Gasteiger partial charge in [-0.25, -0.2) is 9.97 Å². The van der Waals surface area contributed by atoms with Crippen molar-refractivity contribution in [2.45, 2.75) is 6.04 Å². The van der Waals surface area contributed by atoms with Crippen LogP contribution >= 0.6 is 22.7 Å². The summed E-state index contributed by atoms with van der Waals surface area (Å²) >= 11 is 3.38. The van der Waals surface area contributed by atoms with Gasteiger partial charge < -0.3 is 5.32 Å². The molecule has 3 nitrogen and oxygen atoms in total. The number of nitrogens with one attached hydrogen (secondary N) is 1. The molecule has 0 radical (unpaired) electrons. The molecule has 0 fully saturated rings. The molecule has 1 atom stereocenters. The van der Waals surface area contributed by atoms with Gasteiger partial charge in [0, 0.05) is 4.88 Å². The van der Waals surface area contributed by atoms with Gasteiger partial charge in [-0.2, -0.15) is 0 Å². The summed E-state index contributed by atoms with van der Waals surface area (Å²) in [6.45, 7) is 0. The third kappa shape index (κ3) is 2.49. The van der Waals surface area contributed by atoms with E-state index in [9.17, 15) is 0 Å². The van der Waals surface area contributed by atoms with Gasteiger partial charge in [0.25, 0.3) is 0 Å². The molecule has 0 saturated heterocycles. The minimum absolute atomic E-state index is 0.0965. The van der Waals surface area contributed by atoms with Crippen molar-refractivity contribution < 1.29 is 0 Å². The van der Waals surface area contributed by atoms with E-state index in [2.05, 4.69) is 63.1 Å². The second-order valence-corrected chi connectivity index (χ2v) is 6.74. The molecule has 5 heteroatoms. The lowest BCUT2D eigenvalue weighted by molar-refractivity contribution is 0.951. The second-order valence-electron chi connectivity index (χ2n) is 4.87. The predicted octanol–water partition coefficient (Wildman–Crippen LogP) is 4.95. The van der Waals surface area contributed by atoms with Gasteiger partial charge in [-0.15, -0.1) is 22.7 Å². The number of thiophene rings is 2. The first-order chi connectivity index (χ1) is 10.9. The summed E-state index contributed by atoms with van der Waals surface area (Å²) in [5.74, 6) is 0.883. The first kappa shape index (κ1) is 13.4. The molecular formula is C17H13N3S2. The summed E-state index contributed by atoms with van der Waals surface area (Å²) in [4.78, 5) is 11.0. The van der Waals surface area contributed by atoms with Crippen LogP contribution in [0.25, 0.3) is 10.2 Å². The van der Waals surface area contributed by atoms with Crippen molar-refractivity contribution in [3.8, 4) is 0 Å². The zero-order valence-electron chi connectivity index (χ0n) is 11.6. The highest BCUT2D eigenvalue weighted by atomic mass is 32.1. The molecule has 1 N–H and O–H groups in total. The average molecular weight is 323 g/mol. The third-order valence-electron chi connectivity index (χ3n) is 3.50. The Kier molecular flexibility index (Phi) is 3.58. The van der Waals surface area contributed by atoms with Crippen molar-refractivity contribution in [2.24, 2.45) is 0 Å². The van der Waals surface area contributed by atoms with Crippen LogP contribution in [0.4, 0.5) is 5.82 Å². The number of anilines is 1. The number of benzene rings is 1. The van der Waals surface area contributed by atoms with Gasteiger partial charge in [-0.05, 0) is 28.5 Å². The van der Waals surface area contributed by atoms with E-state index in [1.165, 1.54) is 10.4 Å². The van der Waals surface area contributed by atoms with Crippen LogP contribution in [0, 0.1) is 0 Å². The summed E-state index contributed by atoms with van der Waals surface area (Å²) in [5.41, 5.74) is 1.23. The summed E-state index contributed by atoms with van der Waals surface area (Å²) in [6.07, 6.45) is 1.62. The number of hydrogen-bond donors (Lipinski definition) is 1. The molecule has 0 aliphatic rings. The van der Waals surface area contributed by atoms with Gasteiger partial charge in [0.2, 0.25) is 0 Å². The topological polar surface area (TPSA) is 37.8 Å². The standard InChI is InChI=1S/C17H13N3S2/c1-2-5-12(6-3-1)15(14-7-4-9-21-14)20-16-13-8-10-22-17(13)19-11-18-16/h1-11,15H,(H,18,19,20)/t15-/m0/s1. The minimum Gasteiger partial charge on any atom is -0.358 e. The lowest BCUT2D eigenvalue weighted by atomic mass is 10.1. The summed E-state index contributed by atoms with van der Waals surface area (Å²) in [5, 5.41) is 8.82. The second kappa shape index (κ2) is 5.87. The van der Waals surface area contributed by atoms with Crippen LogP contribution < -0.4 is 5.32 Å². The predicted molar refractivity (Wildman–Crippen MR) is 93.6 cm³/mol. The fourth-order valence-corrected chi connectivity index (χ4v) is 4.00. The Balaban J connectivity index is 1.77. The van der Waals surface area contributed by atoms with E-state index in [1.54, 1.807) is 29.0 Å². The Morgan fingerprint density at radius 3 is 2.59 bits per heavy atom. The van der Waals surface area contributed by atoms with Crippen LogP contribution in [-0.4, -0.2) is 9.97 Å². The molecule has 3 heterocycles. The fourth-order valence-electron chi connectivity index (χ4n) is 2.46. The molecule has 4 aromatic rings. The molecule has 0 spiro atoms. The van der Waals surface area contributed by atoms with Crippen LogP contribution in [0.3, 0.4) is 0 Å². The maximum Gasteiger partial charge on any atom is 0.138 e. The largest absolute Gasteiger partial charge is 0.358 e. The Bertz CT molecular complexity index is 869. The normalized spacial score (nSPS) is 12.4. The van der Waals surface area contributed by atoms with E-state index < -0.39 is 0 Å². The van der Waals surface area contributed by atoms with Crippen molar-refractivity contribution in [2.75, 3.05) is 5.32 Å². The van der Waals surface area contributed by atoms with Crippen LogP contribution in [-0.2, 0) is 0 Å². The lowest BCUT2D eigenvalue weighted by Gasteiger charge is -2.19. The maximum absolute atomic E-state index is 4.44. The highest BCUT2D eigenvalue weighted by Crippen LogP contribution is 2.32. The molecule has 0 aliphatic heterocycles. The number of aromatic nitrogens is 2. The summed E-state index contributed by atoms with van der Waals surface area (Å²) < 4.78 is 0. The quantitative estimate of drug-likeness (QED) is 0.577. The van der Waals surface area contributed by atoms with Crippen LogP contribution in [0.2, 0.25) is 0 Å². The van der Waals surface area contributed by atoms with Crippen molar-refractivity contribution in [3.05, 3.63) is 76.1 Å². The zero-order valence-corrected chi connectivity index (χ0v) is 13.3. The molecule has 0 amide bonds. The highest BCUT2D eigenvalue weighted by Gasteiger charge is 2.17. The first-order valence-electron chi connectivity index (χ1n) is 6.95. The molecular weight excluding hydrogens is 310 g/mol. The average Bonchev–Trinajstić information content (AvgIpc) is 3.25. The number of fused-ring (bicyclic) bond motifs is 1. The van der Waals surface area contributed by atoms with Crippen LogP contribution in [0.5, 0.6) is 0 Å². The van der Waals surface area contributed by atoms with E-state index in [4.69, 9.17) is 0 Å². The summed E-state index contributed by atoms with van der Waals surface area (Å²) in [7, 11) is 0. The molecule has 0 saturated carbocycles. The van der Waals surface area contributed by atoms with Gasteiger partial charge in [0.15, 0.2) is 0 Å². The highest BCUT2D eigenvalue weighted by molar-refractivity contribution is 7.16. The first-order valence-corrected chi connectivity index (χ1v) is 8.71. The van der Waals surface area contributed by atoms with Crippen molar-refractivity contribution >= 4 is 38.7 Å². The number of hydrogen-bond acceptors (Lipinski definition) is 5. The molecule has 3 aromatic heterocycles. The maximum atomic E-state index is 4.44. The Morgan fingerprint density at radius 1 is 0.864 bits per heavy atom. The fraction of sp³-hybridized carbons (Fsp3) is 0.0588. The summed E-state index contributed by atoms with van der Waals surface area (Å²) in [6, 6.07) is 16.9. The molecule has 0 bridgehead atoms. The van der Waals surface area contributed by atoms with Gasteiger partial charge in [-0.3, -0.25) is 0 Å². The number of nitrogens with zero attached hydrogens (tertiary/aromatic N) is 2. The molecule has 22 heavy (non-hydrogen) atoms. The van der Waals surface area contributed by atoms with Crippen molar-refractivity contribution in [3.63, 3.8) is 0 Å². The SMILES string of the molecule is c1ccc([C@H](Nc2ncnc3sccc23)c2cccs2)cc1. The molecule has 0 aliphatic carbocycles.